The number of benzene rings is 3. The molecule has 0 aliphatic heterocycles. The van der Waals surface area contributed by atoms with Crippen LogP contribution in [0.1, 0.15) is 34.1 Å². The number of hydrogen-bond donors (Lipinski definition) is 1. The van der Waals surface area contributed by atoms with Crippen LogP contribution in [0.25, 0.3) is 10.9 Å². The number of amides is 2. The SMILES string of the molecule is CCN(CC)CCOc1cc2ncnc(Oc3ccc(N(C(=O)C4(C(N)=O)CC4(C)C)c4ccc(F)cc4)cc3F)c2cc1OC. The number of likely N-dealkylation sites (N-methyl/N-ethyl adjacent to an activating group) is 1. The Bertz CT molecular complexity index is 1760. The van der Waals surface area contributed by atoms with E-state index in [1.165, 1.54) is 54.7 Å². The maximum atomic E-state index is 15.7. The van der Waals surface area contributed by atoms with E-state index in [-0.39, 0.29) is 29.4 Å². The van der Waals surface area contributed by atoms with Gasteiger partial charge in [-0.1, -0.05) is 27.7 Å². The van der Waals surface area contributed by atoms with Crippen molar-refractivity contribution in [2.24, 2.45) is 16.6 Å². The molecule has 0 spiro atoms. The standard InChI is InChI=1S/C34H37F2N5O5/c1-6-40(7-2)14-15-45-29-18-26-24(17-28(29)44-5)30(39-20-38-26)46-27-13-12-23(16-25(27)36)41(22-10-8-21(35)9-11-22)32(43)34(31(37)42)19-33(34,3)4/h8-13,16-18,20H,6-7,14-15,19H2,1-5H3,(H2,37,42). The van der Waals surface area contributed by atoms with E-state index < -0.39 is 34.3 Å². The van der Waals surface area contributed by atoms with E-state index in [4.69, 9.17) is 19.9 Å². The van der Waals surface area contributed by atoms with E-state index in [0.29, 0.717) is 29.0 Å². The maximum absolute atomic E-state index is 15.7. The number of hydrogen-bond acceptors (Lipinski definition) is 8. The van der Waals surface area contributed by atoms with Gasteiger partial charge in [-0.15, -0.1) is 0 Å². The Hall–Kier alpha value is -4.84. The third-order valence-corrected chi connectivity index (χ3v) is 8.64. The van der Waals surface area contributed by atoms with Crippen molar-refractivity contribution < 1.29 is 32.6 Å². The van der Waals surface area contributed by atoms with Crippen LogP contribution in [0.3, 0.4) is 0 Å². The monoisotopic (exact) mass is 633 g/mol. The number of nitrogens with zero attached hydrogens (tertiary/aromatic N) is 4. The second-order valence-corrected chi connectivity index (χ2v) is 11.7. The third kappa shape index (κ3) is 6.04. The molecule has 1 heterocycles. The van der Waals surface area contributed by atoms with Crippen LogP contribution in [0.5, 0.6) is 23.1 Å². The van der Waals surface area contributed by atoms with Crippen LogP contribution < -0.4 is 24.8 Å². The van der Waals surface area contributed by atoms with Crippen LogP contribution in [0, 0.1) is 22.5 Å². The molecule has 5 rings (SSSR count). The van der Waals surface area contributed by atoms with E-state index in [0.717, 1.165) is 25.7 Å². The summed E-state index contributed by atoms with van der Waals surface area (Å²) in [5.74, 6) is -1.91. The normalized spacial score (nSPS) is 16.7. The van der Waals surface area contributed by atoms with Crippen LogP contribution in [-0.4, -0.2) is 60.0 Å². The zero-order chi connectivity index (χ0) is 33.2. The maximum Gasteiger partial charge on any atom is 0.247 e. The summed E-state index contributed by atoms with van der Waals surface area (Å²) in [6, 6.07) is 12.4. The second kappa shape index (κ2) is 12.9. The summed E-state index contributed by atoms with van der Waals surface area (Å²) in [6.45, 7) is 10.7. The molecular weight excluding hydrogens is 596 g/mol. The van der Waals surface area contributed by atoms with Crippen LogP contribution in [-0.2, 0) is 9.59 Å². The molecule has 1 aliphatic carbocycles. The number of carbonyl (C=O) groups is 2. The van der Waals surface area contributed by atoms with Crippen molar-refractivity contribution in [3.05, 3.63) is 72.6 Å². The van der Waals surface area contributed by atoms with Crippen molar-refractivity contribution in [2.75, 3.05) is 38.3 Å². The number of primary amides is 1. The molecule has 1 aliphatic rings. The van der Waals surface area contributed by atoms with Gasteiger partial charge in [0.15, 0.2) is 23.1 Å². The lowest BCUT2D eigenvalue weighted by Gasteiger charge is -2.28. The molecule has 0 bridgehead atoms. The zero-order valence-electron chi connectivity index (χ0n) is 26.5. The van der Waals surface area contributed by atoms with Gasteiger partial charge < -0.3 is 24.8 Å². The Labute approximate surface area is 266 Å². The number of fused-ring (bicyclic) bond motifs is 1. The highest BCUT2D eigenvalue weighted by Gasteiger charge is 2.71. The third-order valence-electron chi connectivity index (χ3n) is 8.64. The topological polar surface area (TPSA) is 120 Å². The van der Waals surface area contributed by atoms with Crippen LogP contribution in [0.15, 0.2) is 60.9 Å². The molecule has 4 aromatic rings. The van der Waals surface area contributed by atoms with Gasteiger partial charge in [0.1, 0.15) is 24.2 Å². The lowest BCUT2D eigenvalue weighted by atomic mass is 9.92. The number of carbonyl (C=O) groups excluding carboxylic acids is 2. The van der Waals surface area contributed by atoms with E-state index in [9.17, 15) is 14.0 Å². The van der Waals surface area contributed by atoms with Crippen LogP contribution in [0.4, 0.5) is 20.2 Å². The summed E-state index contributed by atoms with van der Waals surface area (Å²) in [7, 11) is 1.51. The fourth-order valence-electron chi connectivity index (χ4n) is 5.71. The first kappa shape index (κ1) is 32.6. The molecule has 0 radical (unpaired) electrons. The first-order valence-corrected chi connectivity index (χ1v) is 15.0. The summed E-state index contributed by atoms with van der Waals surface area (Å²) in [5.41, 5.74) is 4.35. The largest absolute Gasteiger partial charge is 0.493 e. The smallest absolute Gasteiger partial charge is 0.247 e. The summed E-state index contributed by atoms with van der Waals surface area (Å²) >= 11 is 0. The Kier molecular flexibility index (Phi) is 9.11. The average molecular weight is 634 g/mol. The molecule has 2 amide bonds. The highest BCUT2D eigenvalue weighted by Crippen LogP contribution is 2.64. The van der Waals surface area contributed by atoms with Crippen molar-refractivity contribution in [3.8, 4) is 23.1 Å². The number of anilines is 2. The Morgan fingerprint density at radius 2 is 1.61 bits per heavy atom. The van der Waals surface area contributed by atoms with Gasteiger partial charge in [-0.05, 0) is 67.4 Å². The lowest BCUT2D eigenvalue weighted by Crippen LogP contribution is -2.44. The van der Waals surface area contributed by atoms with Gasteiger partial charge in [-0.2, -0.15) is 0 Å². The molecule has 0 saturated heterocycles. The summed E-state index contributed by atoms with van der Waals surface area (Å²) in [4.78, 5) is 38.5. The van der Waals surface area contributed by atoms with Crippen molar-refractivity contribution in [3.63, 3.8) is 0 Å². The molecule has 1 aromatic heterocycles. The summed E-state index contributed by atoms with van der Waals surface area (Å²) in [6.07, 6.45) is 1.52. The molecule has 12 heteroatoms. The van der Waals surface area contributed by atoms with E-state index in [1.807, 2.05) is 0 Å². The average Bonchev–Trinajstić information content (AvgIpc) is 3.64. The summed E-state index contributed by atoms with van der Waals surface area (Å²) < 4.78 is 47.0. The first-order valence-electron chi connectivity index (χ1n) is 15.0. The number of rotatable bonds is 13. The van der Waals surface area contributed by atoms with Crippen LogP contribution in [0.2, 0.25) is 0 Å². The summed E-state index contributed by atoms with van der Waals surface area (Å²) in [5, 5.41) is 0.460. The number of halogens is 2. The first-order chi connectivity index (χ1) is 21.9. The fourth-order valence-corrected chi connectivity index (χ4v) is 5.71. The highest BCUT2D eigenvalue weighted by atomic mass is 19.1. The van der Waals surface area contributed by atoms with Gasteiger partial charge in [-0.3, -0.25) is 14.5 Å². The minimum absolute atomic E-state index is 0.0727. The molecule has 46 heavy (non-hydrogen) atoms. The highest BCUT2D eigenvalue weighted by molar-refractivity contribution is 6.17. The Balaban J connectivity index is 1.46. The minimum atomic E-state index is -1.50. The van der Waals surface area contributed by atoms with Gasteiger partial charge in [0.25, 0.3) is 0 Å². The van der Waals surface area contributed by atoms with Crippen molar-refractivity contribution in [1.82, 2.24) is 14.9 Å². The molecule has 10 nitrogen and oxygen atoms in total. The molecule has 242 valence electrons. The molecule has 1 atom stereocenters. The van der Waals surface area contributed by atoms with Crippen LogP contribution >= 0.6 is 0 Å². The van der Waals surface area contributed by atoms with Crippen molar-refractivity contribution in [2.45, 2.75) is 34.1 Å². The zero-order valence-corrected chi connectivity index (χ0v) is 26.5. The number of methoxy groups -OCH3 is 1. The molecule has 2 N–H and O–H groups in total. The number of nitrogens with two attached hydrogens (primary N) is 1. The van der Waals surface area contributed by atoms with Crippen molar-refractivity contribution in [1.29, 1.82) is 0 Å². The number of ether oxygens (including phenoxy) is 3. The number of aromatic nitrogens is 2. The van der Waals surface area contributed by atoms with E-state index in [1.54, 1.807) is 26.0 Å². The molecule has 1 unspecified atom stereocenters. The molecule has 1 fully saturated rings. The van der Waals surface area contributed by atoms with Gasteiger partial charge in [0, 0.05) is 24.4 Å². The van der Waals surface area contributed by atoms with Gasteiger partial charge in [0.05, 0.1) is 23.7 Å². The van der Waals surface area contributed by atoms with Gasteiger partial charge >= 0.3 is 0 Å². The Morgan fingerprint density at radius 3 is 2.20 bits per heavy atom. The minimum Gasteiger partial charge on any atom is -0.493 e. The molecular formula is C34H37F2N5O5. The second-order valence-electron chi connectivity index (χ2n) is 11.7. The molecule has 3 aromatic carbocycles. The predicted molar refractivity (Wildman–Crippen MR) is 169 cm³/mol. The Morgan fingerprint density at radius 1 is 0.935 bits per heavy atom. The predicted octanol–water partition coefficient (Wildman–Crippen LogP) is 6.00. The lowest BCUT2D eigenvalue weighted by molar-refractivity contribution is -0.134. The van der Waals surface area contributed by atoms with Crippen molar-refractivity contribution >= 4 is 34.1 Å². The van der Waals surface area contributed by atoms with E-state index in [2.05, 4.69) is 28.7 Å². The fraction of sp³-hybridized carbons (Fsp3) is 0.353. The van der Waals surface area contributed by atoms with Gasteiger partial charge in [0.2, 0.25) is 17.7 Å². The molecule has 1 saturated carbocycles. The quantitative estimate of drug-likeness (QED) is 0.178. The van der Waals surface area contributed by atoms with Gasteiger partial charge in [-0.25, -0.2) is 18.7 Å². The van der Waals surface area contributed by atoms with E-state index >= 15 is 4.39 Å².